The van der Waals surface area contributed by atoms with Gasteiger partial charge in [0, 0.05) is 25.0 Å². The Balaban J connectivity index is 2.07. The van der Waals surface area contributed by atoms with Gasteiger partial charge in [0.15, 0.2) is 0 Å². The number of imidazole rings is 1. The lowest BCUT2D eigenvalue weighted by Gasteiger charge is -2.07. The fourth-order valence-corrected chi connectivity index (χ4v) is 2.55. The monoisotopic (exact) mass is 294 g/mol. The summed E-state index contributed by atoms with van der Waals surface area (Å²) in [4.78, 5) is 17.7. The van der Waals surface area contributed by atoms with E-state index in [1.54, 1.807) is 12.4 Å². The van der Waals surface area contributed by atoms with Crippen molar-refractivity contribution in [3.05, 3.63) is 42.5 Å². The van der Waals surface area contributed by atoms with Crippen LogP contribution in [0.5, 0.6) is 0 Å². The average molecular weight is 294 g/mol. The lowest BCUT2D eigenvalue weighted by atomic mass is 10.3. The molecule has 2 rings (SSSR count). The number of benzene rings is 1. The van der Waals surface area contributed by atoms with Gasteiger partial charge in [-0.1, -0.05) is 0 Å². The summed E-state index contributed by atoms with van der Waals surface area (Å²) < 4.78 is 26.5. The van der Waals surface area contributed by atoms with Crippen LogP contribution in [0.3, 0.4) is 0 Å². The molecule has 3 N–H and O–H groups in total. The topological polar surface area (TPSA) is 104 Å². The summed E-state index contributed by atoms with van der Waals surface area (Å²) in [6.45, 7) is 1.47. The summed E-state index contributed by atoms with van der Waals surface area (Å²) in [5.41, 5.74) is 0.544. The molecular weight excluding hydrogens is 280 g/mol. The first-order chi connectivity index (χ1) is 9.47. The molecule has 0 radical (unpaired) electrons. The van der Waals surface area contributed by atoms with Crippen molar-refractivity contribution in [3.63, 3.8) is 0 Å². The van der Waals surface area contributed by atoms with Crippen molar-refractivity contribution in [1.82, 2.24) is 14.7 Å². The Bertz CT molecular complexity index is 678. The molecule has 0 spiro atoms. The average Bonchev–Trinajstić information content (AvgIpc) is 2.89. The molecule has 106 valence electrons. The van der Waals surface area contributed by atoms with Crippen LogP contribution in [0.2, 0.25) is 0 Å². The number of nitrogens with one attached hydrogen (secondary N) is 3. The second-order valence-corrected chi connectivity index (χ2v) is 5.83. The number of aromatic amines is 1. The molecule has 0 atom stereocenters. The van der Waals surface area contributed by atoms with Crippen molar-refractivity contribution < 1.29 is 13.2 Å². The van der Waals surface area contributed by atoms with E-state index in [9.17, 15) is 13.2 Å². The minimum absolute atomic E-state index is 0.0861. The van der Waals surface area contributed by atoms with E-state index in [0.717, 1.165) is 0 Å². The standard InChI is InChI=1S/C12H14N4O3S/c1-9(17)16-10-2-4-11(5-3-10)20(18,19)15-8-12-13-6-7-14-12/h2-7,15H,8H2,1H3,(H,13,14)(H,16,17). The number of aromatic nitrogens is 2. The maximum Gasteiger partial charge on any atom is 0.240 e. The lowest BCUT2D eigenvalue weighted by molar-refractivity contribution is -0.114. The minimum Gasteiger partial charge on any atom is -0.347 e. The molecule has 1 aromatic carbocycles. The largest absolute Gasteiger partial charge is 0.347 e. The number of hydrogen-bond donors (Lipinski definition) is 3. The van der Waals surface area contributed by atoms with Crippen LogP contribution in [0.15, 0.2) is 41.6 Å². The Morgan fingerprint density at radius 3 is 2.55 bits per heavy atom. The van der Waals surface area contributed by atoms with Crippen molar-refractivity contribution in [1.29, 1.82) is 0 Å². The molecular formula is C12H14N4O3S. The van der Waals surface area contributed by atoms with Crippen LogP contribution in [0.4, 0.5) is 5.69 Å². The predicted molar refractivity (Wildman–Crippen MR) is 73.4 cm³/mol. The SMILES string of the molecule is CC(=O)Nc1ccc(S(=O)(=O)NCc2ncc[nH]2)cc1. The molecule has 2 aromatic rings. The number of hydrogen-bond acceptors (Lipinski definition) is 4. The van der Waals surface area contributed by atoms with Crippen molar-refractivity contribution in [2.24, 2.45) is 0 Å². The van der Waals surface area contributed by atoms with E-state index in [1.807, 2.05) is 0 Å². The smallest absolute Gasteiger partial charge is 0.240 e. The molecule has 0 aliphatic rings. The summed E-state index contributed by atoms with van der Waals surface area (Å²) in [5, 5.41) is 2.57. The molecule has 8 heteroatoms. The summed E-state index contributed by atoms with van der Waals surface area (Å²) in [7, 11) is -3.60. The maximum absolute atomic E-state index is 12.0. The zero-order valence-corrected chi connectivity index (χ0v) is 11.6. The molecule has 0 aliphatic heterocycles. The number of carbonyl (C=O) groups excluding carboxylic acids is 1. The number of carbonyl (C=O) groups is 1. The fraction of sp³-hybridized carbons (Fsp3) is 0.167. The van der Waals surface area contributed by atoms with Crippen LogP contribution < -0.4 is 10.0 Å². The van der Waals surface area contributed by atoms with Crippen molar-refractivity contribution in [2.45, 2.75) is 18.4 Å². The van der Waals surface area contributed by atoms with Crippen LogP contribution in [-0.2, 0) is 21.4 Å². The van der Waals surface area contributed by atoms with Gasteiger partial charge in [0.25, 0.3) is 0 Å². The first-order valence-corrected chi connectivity index (χ1v) is 7.31. The van der Waals surface area contributed by atoms with Gasteiger partial charge in [-0.2, -0.15) is 0 Å². The molecule has 0 unspecified atom stereocenters. The van der Waals surface area contributed by atoms with Crippen LogP contribution in [-0.4, -0.2) is 24.3 Å². The Kier molecular flexibility index (Phi) is 4.16. The number of H-pyrrole nitrogens is 1. The highest BCUT2D eigenvalue weighted by molar-refractivity contribution is 7.89. The number of sulfonamides is 1. The quantitative estimate of drug-likeness (QED) is 0.760. The van der Waals surface area contributed by atoms with Gasteiger partial charge >= 0.3 is 0 Å². The molecule has 0 aliphatic carbocycles. The minimum atomic E-state index is -3.60. The van der Waals surface area contributed by atoms with Crippen LogP contribution in [0.1, 0.15) is 12.7 Å². The van der Waals surface area contributed by atoms with Crippen LogP contribution in [0, 0.1) is 0 Å². The van der Waals surface area contributed by atoms with E-state index < -0.39 is 10.0 Å². The van der Waals surface area contributed by atoms with E-state index >= 15 is 0 Å². The highest BCUT2D eigenvalue weighted by Gasteiger charge is 2.14. The molecule has 1 amide bonds. The molecule has 0 saturated heterocycles. The normalized spacial score (nSPS) is 11.2. The van der Waals surface area contributed by atoms with Crippen molar-refractivity contribution in [3.8, 4) is 0 Å². The number of nitrogens with zero attached hydrogens (tertiary/aromatic N) is 1. The van der Waals surface area contributed by atoms with Gasteiger partial charge in [0.05, 0.1) is 11.4 Å². The van der Waals surface area contributed by atoms with E-state index in [0.29, 0.717) is 11.5 Å². The first kappa shape index (κ1) is 14.2. The molecule has 0 saturated carbocycles. The van der Waals surface area contributed by atoms with E-state index in [2.05, 4.69) is 20.0 Å². The zero-order chi connectivity index (χ0) is 14.6. The summed E-state index contributed by atoms with van der Waals surface area (Å²) >= 11 is 0. The molecule has 0 bridgehead atoms. The fourth-order valence-electron chi connectivity index (χ4n) is 1.56. The molecule has 20 heavy (non-hydrogen) atoms. The van der Waals surface area contributed by atoms with Crippen molar-refractivity contribution in [2.75, 3.05) is 5.32 Å². The van der Waals surface area contributed by atoms with Gasteiger partial charge in [-0.25, -0.2) is 18.1 Å². The van der Waals surface area contributed by atoms with Gasteiger partial charge in [0.2, 0.25) is 15.9 Å². The lowest BCUT2D eigenvalue weighted by Crippen LogP contribution is -2.23. The second-order valence-electron chi connectivity index (χ2n) is 4.07. The van der Waals surface area contributed by atoms with Gasteiger partial charge in [0.1, 0.15) is 5.82 Å². The van der Waals surface area contributed by atoms with Gasteiger partial charge < -0.3 is 10.3 Å². The third kappa shape index (κ3) is 3.65. The van der Waals surface area contributed by atoms with Crippen LogP contribution in [0.25, 0.3) is 0 Å². The predicted octanol–water partition coefficient (Wildman–Crippen LogP) is 0.847. The first-order valence-electron chi connectivity index (χ1n) is 5.83. The highest BCUT2D eigenvalue weighted by atomic mass is 32.2. The molecule has 1 heterocycles. The van der Waals surface area contributed by atoms with E-state index in [4.69, 9.17) is 0 Å². The van der Waals surface area contributed by atoms with Crippen LogP contribution >= 0.6 is 0 Å². The van der Waals surface area contributed by atoms with E-state index in [1.165, 1.54) is 31.2 Å². The summed E-state index contributed by atoms with van der Waals surface area (Å²) in [5.74, 6) is 0.319. The number of rotatable bonds is 5. The molecule has 7 nitrogen and oxygen atoms in total. The van der Waals surface area contributed by atoms with Gasteiger partial charge in [-0.3, -0.25) is 4.79 Å². The number of anilines is 1. The Morgan fingerprint density at radius 2 is 2.00 bits per heavy atom. The Hall–Kier alpha value is -2.19. The Labute approximate surface area is 116 Å². The third-order valence-electron chi connectivity index (χ3n) is 2.47. The molecule has 1 aromatic heterocycles. The zero-order valence-electron chi connectivity index (χ0n) is 10.8. The summed E-state index contributed by atoms with van der Waals surface area (Å²) in [6.07, 6.45) is 3.16. The third-order valence-corrected chi connectivity index (χ3v) is 3.89. The summed E-state index contributed by atoms with van der Waals surface area (Å²) in [6, 6.07) is 5.91. The van der Waals surface area contributed by atoms with Gasteiger partial charge in [-0.05, 0) is 24.3 Å². The number of amides is 1. The van der Waals surface area contributed by atoms with Gasteiger partial charge in [-0.15, -0.1) is 0 Å². The highest BCUT2D eigenvalue weighted by Crippen LogP contribution is 2.14. The Morgan fingerprint density at radius 1 is 1.30 bits per heavy atom. The van der Waals surface area contributed by atoms with E-state index in [-0.39, 0.29) is 17.3 Å². The maximum atomic E-state index is 12.0. The second kappa shape index (κ2) is 5.85. The molecule has 0 fully saturated rings. The van der Waals surface area contributed by atoms with Crippen molar-refractivity contribution >= 4 is 21.6 Å².